The summed E-state index contributed by atoms with van der Waals surface area (Å²) in [5, 5.41) is 2.84. The first-order valence-electron chi connectivity index (χ1n) is 12.6. The monoisotopic (exact) mass is 631 g/mol. The smallest absolute Gasteiger partial charge is 0.264 e. The third kappa shape index (κ3) is 7.54. The number of hydrogen-bond acceptors (Lipinski definition) is 6. The van der Waals surface area contributed by atoms with E-state index in [9.17, 15) is 18.0 Å². The van der Waals surface area contributed by atoms with Crippen molar-refractivity contribution in [2.75, 3.05) is 25.1 Å². The van der Waals surface area contributed by atoms with Crippen LogP contribution in [0.3, 0.4) is 0 Å². The molecule has 0 aliphatic rings. The van der Waals surface area contributed by atoms with Gasteiger partial charge in [-0.2, -0.15) is 0 Å². The Morgan fingerprint density at radius 3 is 2.10 bits per heavy atom. The van der Waals surface area contributed by atoms with Gasteiger partial charge in [-0.05, 0) is 62.7 Å². The maximum absolute atomic E-state index is 14.0. The predicted octanol–water partition coefficient (Wildman–Crippen LogP) is 4.60. The quantitative estimate of drug-likeness (QED) is 0.313. The summed E-state index contributed by atoms with van der Waals surface area (Å²) in [4.78, 5) is 28.4. The van der Waals surface area contributed by atoms with Gasteiger partial charge in [-0.25, -0.2) is 8.42 Å². The zero-order chi connectivity index (χ0) is 29.4. The highest BCUT2D eigenvalue weighted by molar-refractivity contribution is 9.10. The van der Waals surface area contributed by atoms with Crippen molar-refractivity contribution in [2.45, 2.75) is 44.3 Å². The number of carbonyl (C=O) groups excluding carboxylic acids is 2. The average molecular weight is 633 g/mol. The highest BCUT2D eigenvalue weighted by Crippen LogP contribution is 2.34. The molecule has 9 nitrogen and oxygen atoms in total. The third-order valence-electron chi connectivity index (χ3n) is 6.13. The molecule has 0 fully saturated rings. The predicted molar refractivity (Wildman–Crippen MR) is 158 cm³/mol. The van der Waals surface area contributed by atoms with Gasteiger partial charge in [-0.3, -0.25) is 13.9 Å². The van der Waals surface area contributed by atoms with Crippen LogP contribution in [0.4, 0.5) is 5.69 Å². The van der Waals surface area contributed by atoms with Crippen molar-refractivity contribution in [1.82, 2.24) is 10.2 Å². The first-order chi connectivity index (χ1) is 19.0. The summed E-state index contributed by atoms with van der Waals surface area (Å²) in [6.45, 7) is 4.83. The molecule has 0 saturated carbocycles. The molecule has 3 rings (SSSR count). The zero-order valence-electron chi connectivity index (χ0n) is 23.1. The first kappa shape index (κ1) is 31.0. The lowest BCUT2D eigenvalue weighted by Crippen LogP contribution is -2.52. The summed E-state index contributed by atoms with van der Waals surface area (Å²) >= 11 is 3.41. The number of ether oxygens (including phenoxy) is 2. The Kier molecular flexibility index (Phi) is 10.6. The molecule has 0 spiro atoms. The third-order valence-corrected chi connectivity index (χ3v) is 8.45. The van der Waals surface area contributed by atoms with E-state index in [-0.39, 0.29) is 29.1 Å². The number of carbonyl (C=O) groups is 2. The van der Waals surface area contributed by atoms with Crippen LogP contribution in [0.1, 0.15) is 26.3 Å². The number of rotatable bonds is 12. The fourth-order valence-corrected chi connectivity index (χ4v) is 5.69. The summed E-state index contributed by atoms with van der Waals surface area (Å²) in [5.41, 5.74) is 0.988. The second kappa shape index (κ2) is 13.7. The molecule has 3 aromatic carbocycles. The number of benzene rings is 3. The molecule has 1 N–H and O–H groups in total. The molecule has 0 aliphatic carbocycles. The number of methoxy groups -OCH3 is 2. The number of sulfonamides is 1. The molecule has 2 amide bonds. The minimum Gasteiger partial charge on any atom is -0.493 e. The highest BCUT2D eigenvalue weighted by atomic mass is 79.9. The van der Waals surface area contributed by atoms with Crippen LogP contribution >= 0.6 is 15.9 Å². The number of anilines is 1. The van der Waals surface area contributed by atoms with Gasteiger partial charge in [-0.15, -0.1) is 0 Å². The molecule has 3 aromatic rings. The van der Waals surface area contributed by atoms with Crippen molar-refractivity contribution >= 4 is 43.5 Å². The van der Waals surface area contributed by atoms with E-state index in [2.05, 4.69) is 21.2 Å². The molecule has 214 valence electrons. The van der Waals surface area contributed by atoms with Gasteiger partial charge < -0.3 is 19.7 Å². The first-order valence-corrected chi connectivity index (χ1v) is 14.8. The highest BCUT2D eigenvalue weighted by Gasteiger charge is 2.33. The normalized spacial score (nSPS) is 12.0. The van der Waals surface area contributed by atoms with E-state index >= 15 is 0 Å². The van der Waals surface area contributed by atoms with Crippen molar-refractivity contribution in [3.63, 3.8) is 0 Å². The molecular weight excluding hydrogens is 598 g/mol. The summed E-state index contributed by atoms with van der Waals surface area (Å²) in [6.07, 6.45) is 0. The van der Waals surface area contributed by atoms with Gasteiger partial charge in [0, 0.05) is 23.1 Å². The maximum atomic E-state index is 14.0. The Bertz CT molecular complexity index is 1420. The van der Waals surface area contributed by atoms with Crippen LogP contribution < -0.4 is 19.1 Å². The topological polar surface area (TPSA) is 105 Å². The zero-order valence-corrected chi connectivity index (χ0v) is 25.5. The fraction of sp³-hybridized carbons (Fsp3) is 0.310. The van der Waals surface area contributed by atoms with Gasteiger partial charge in [0.2, 0.25) is 11.8 Å². The van der Waals surface area contributed by atoms with E-state index in [1.165, 1.54) is 37.3 Å². The second-order valence-electron chi connectivity index (χ2n) is 9.35. The molecule has 40 heavy (non-hydrogen) atoms. The van der Waals surface area contributed by atoms with Crippen LogP contribution in [0.5, 0.6) is 11.5 Å². The van der Waals surface area contributed by atoms with Gasteiger partial charge in [-0.1, -0.05) is 46.3 Å². The van der Waals surface area contributed by atoms with E-state index in [4.69, 9.17) is 9.47 Å². The molecule has 0 heterocycles. The standard InChI is InChI=1S/C29H34BrN3O6S/c1-20(2)31-29(35)21(3)32(18-22-11-13-23(30)14-12-22)28(34)19-33(40(36,37)25-9-7-6-8-10-25)24-15-16-26(38-4)27(17-24)39-5/h6-17,20-21H,18-19H2,1-5H3,(H,31,35)/t21-/m1/s1. The maximum Gasteiger partial charge on any atom is 0.264 e. The molecule has 0 radical (unpaired) electrons. The number of amides is 2. The molecule has 0 aliphatic heterocycles. The average Bonchev–Trinajstić information content (AvgIpc) is 2.94. The largest absolute Gasteiger partial charge is 0.493 e. The van der Waals surface area contributed by atoms with E-state index in [0.29, 0.717) is 11.5 Å². The summed E-state index contributed by atoms with van der Waals surface area (Å²) in [6, 6.07) is 18.8. The fourth-order valence-electron chi connectivity index (χ4n) is 4.00. The lowest BCUT2D eigenvalue weighted by molar-refractivity contribution is -0.139. The van der Waals surface area contributed by atoms with Crippen molar-refractivity contribution < 1.29 is 27.5 Å². The number of halogens is 1. The van der Waals surface area contributed by atoms with Crippen LogP contribution in [-0.4, -0.2) is 58.0 Å². The second-order valence-corrected chi connectivity index (χ2v) is 12.1. The SMILES string of the molecule is COc1ccc(N(CC(=O)N(Cc2ccc(Br)cc2)[C@H](C)C(=O)NC(C)C)S(=O)(=O)c2ccccc2)cc1OC. The summed E-state index contributed by atoms with van der Waals surface area (Å²) in [7, 11) is -1.27. The van der Waals surface area contributed by atoms with E-state index in [1.807, 2.05) is 38.1 Å². The van der Waals surface area contributed by atoms with Gasteiger partial charge >= 0.3 is 0 Å². The molecule has 0 unspecified atom stereocenters. The summed E-state index contributed by atoms with van der Waals surface area (Å²) in [5.74, 6) is -0.185. The van der Waals surface area contributed by atoms with E-state index in [1.54, 1.807) is 37.3 Å². The van der Waals surface area contributed by atoms with Crippen molar-refractivity contribution in [3.05, 3.63) is 82.8 Å². The molecule has 1 atom stereocenters. The lowest BCUT2D eigenvalue weighted by Gasteiger charge is -2.32. The van der Waals surface area contributed by atoms with Gasteiger partial charge in [0.15, 0.2) is 11.5 Å². The Hall–Kier alpha value is -3.57. The van der Waals surface area contributed by atoms with Crippen molar-refractivity contribution in [2.24, 2.45) is 0 Å². The number of hydrogen-bond donors (Lipinski definition) is 1. The van der Waals surface area contributed by atoms with Crippen LogP contribution in [0.15, 0.2) is 82.2 Å². The Morgan fingerprint density at radius 1 is 0.900 bits per heavy atom. The number of nitrogens with one attached hydrogen (secondary N) is 1. The molecule has 0 bridgehead atoms. The molecule has 11 heteroatoms. The van der Waals surface area contributed by atoms with Crippen molar-refractivity contribution in [3.8, 4) is 11.5 Å². The minimum absolute atomic E-state index is 0.0163. The van der Waals surface area contributed by atoms with Crippen LogP contribution in [-0.2, 0) is 26.2 Å². The van der Waals surface area contributed by atoms with Crippen LogP contribution in [0.25, 0.3) is 0 Å². The summed E-state index contributed by atoms with van der Waals surface area (Å²) < 4.78 is 40.4. The van der Waals surface area contributed by atoms with E-state index in [0.717, 1.165) is 14.3 Å². The van der Waals surface area contributed by atoms with Crippen LogP contribution in [0.2, 0.25) is 0 Å². The molecular formula is C29H34BrN3O6S. The lowest BCUT2D eigenvalue weighted by atomic mass is 10.1. The van der Waals surface area contributed by atoms with Gasteiger partial charge in [0.25, 0.3) is 10.0 Å². The van der Waals surface area contributed by atoms with Gasteiger partial charge in [0.1, 0.15) is 12.6 Å². The molecule has 0 aromatic heterocycles. The van der Waals surface area contributed by atoms with Crippen LogP contribution in [0, 0.1) is 0 Å². The number of nitrogens with zero attached hydrogens (tertiary/aromatic N) is 2. The van der Waals surface area contributed by atoms with E-state index < -0.39 is 28.5 Å². The Morgan fingerprint density at radius 2 is 1.52 bits per heavy atom. The Labute approximate surface area is 244 Å². The molecule has 0 saturated heterocycles. The Balaban J connectivity index is 2.07. The van der Waals surface area contributed by atoms with Crippen molar-refractivity contribution in [1.29, 1.82) is 0 Å². The minimum atomic E-state index is -4.19. The van der Waals surface area contributed by atoms with Gasteiger partial charge in [0.05, 0.1) is 24.8 Å².